The minimum absolute atomic E-state index is 0.224. The lowest BCUT2D eigenvalue weighted by Gasteiger charge is -2.34. The lowest BCUT2D eigenvalue weighted by Crippen LogP contribution is -2.44. The summed E-state index contributed by atoms with van der Waals surface area (Å²) in [5.74, 6) is 1.19. The summed E-state index contributed by atoms with van der Waals surface area (Å²) in [6.45, 7) is 11.7. The maximum atomic E-state index is 12.2. The molecule has 0 radical (unpaired) electrons. The summed E-state index contributed by atoms with van der Waals surface area (Å²) in [5, 5.41) is 0. The first-order valence-corrected chi connectivity index (χ1v) is 8.29. The molecule has 5 heteroatoms. The number of nitrogens with zero attached hydrogens (tertiary/aromatic N) is 2. The predicted molar refractivity (Wildman–Crippen MR) is 89.7 cm³/mol. The van der Waals surface area contributed by atoms with Crippen molar-refractivity contribution in [2.45, 2.75) is 53.1 Å². The van der Waals surface area contributed by atoms with Gasteiger partial charge in [-0.15, -0.1) is 0 Å². The second-order valence-corrected chi connectivity index (χ2v) is 7.33. The van der Waals surface area contributed by atoms with Gasteiger partial charge < -0.3 is 14.4 Å². The van der Waals surface area contributed by atoms with Gasteiger partial charge in [0.05, 0.1) is 6.61 Å². The summed E-state index contributed by atoms with van der Waals surface area (Å²) in [7, 11) is 0. The number of pyridine rings is 1. The van der Waals surface area contributed by atoms with Crippen molar-refractivity contribution in [3.63, 3.8) is 0 Å². The Bertz CT molecular complexity index is 531. The van der Waals surface area contributed by atoms with E-state index < -0.39 is 5.60 Å². The maximum Gasteiger partial charge on any atom is 0.410 e. The molecule has 1 unspecified atom stereocenters. The van der Waals surface area contributed by atoms with E-state index in [-0.39, 0.29) is 6.09 Å². The first-order valence-electron chi connectivity index (χ1n) is 8.29. The van der Waals surface area contributed by atoms with E-state index >= 15 is 0 Å². The summed E-state index contributed by atoms with van der Waals surface area (Å²) in [5.41, 5.74) is 1.46. The van der Waals surface area contributed by atoms with Gasteiger partial charge in [0.15, 0.2) is 0 Å². The molecule has 1 atom stereocenters. The van der Waals surface area contributed by atoms with Crippen LogP contribution in [0, 0.1) is 19.8 Å². The van der Waals surface area contributed by atoms with Crippen LogP contribution >= 0.6 is 0 Å². The van der Waals surface area contributed by atoms with E-state index in [1.165, 1.54) is 0 Å². The zero-order valence-corrected chi connectivity index (χ0v) is 14.9. The van der Waals surface area contributed by atoms with Gasteiger partial charge in [0.25, 0.3) is 0 Å². The van der Waals surface area contributed by atoms with Crippen molar-refractivity contribution >= 4 is 6.09 Å². The van der Waals surface area contributed by atoms with Gasteiger partial charge >= 0.3 is 6.09 Å². The number of aromatic nitrogens is 1. The van der Waals surface area contributed by atoms with Crippen LogP contribution in [0.2, 0.25) is 0 Å². The van der Waals surface area contributed by atoms with Crippen LogP contribution in [-0.4, -0.2) is 41.3 Å². The Morgan fingerprint density at radius 2 is 1.96 bits per heavy atom. The van der Waals surface area contributed by atoms with E-state index in [0.29, 0.717) is 19.1 Å². The van der Waals surface area contributed by atoms with Crippen molar-refractivity contribution in [1.82, 2.24) is 9.88 Å². The maximum absolute atomic E-state index is 12.2. The van der Waals surface area contributed by atoms with Crippen LogP contribution in [0.5, 0.6) is 5.75 Å². The first kappa shape index (κ1) is 17.6. The number of ether oxygens (including phenoxy) is 2. The molecule has 1 saturated heterocycles. The smallest absolute Gasteiger partial charge is 0.410 e. The normalized spacial score (nSPS) is 18.7. The number of amides is 1. The van der Waals surface area contributed by atoms with E-state index in [1.54, 1.807) is 4.90 Å². The summed E-state index contributed by atoms with van der Waals surface area (Å²) < 4.78 is 11.4. The van der Waals surface area contributed by atoms with E-state index in [4.69, 9.17) is 9.47 Å². The molecule has 0 aliphatic carbocycles. The third-order valence-corrected chi connectivity index (χ3v) is 3.71. The van der Waals surface area contributed by atoms with Gasteiger partial charge in [0, 0.05) is 42.5 Å². The number of hydrogen-bond donors (Lipinski definition) is 0. The highest BCUT2D eigenvalue weighted by molar-refractivity contribution is 5.68. The van der Waals surface area contributed by atoms with E-state index in [9.17, 15) is 4.79 Å². The van der Waals surface area contributed by atoms with Gasteiger partial charge in [0.1, 0.15) is 11.4 Å². The fourth-order valence-corrected chi connectivity index (χ4v) is 2.79. The standard InChI is InChI=1S/C18H28N2O3/c1-13-9-16(10-14(2)19-13)22-12-15-7-6-8-20(11-15)17(21)23-18(3,4)5/h9-10,15H,6-8,11-12H2,1-5H3. The van der Waals surface area contributed by atoms with Crippen molar-refractivity contribution in [2.24, 2.45) is 5.92 Å². The van der Waals surface area contributed by atoms with Crippen molar-refractivity contribution in [1.29, 1.82) is 0 Å². The molecule has 0 saturated carbocycles. The Morgan fingerprint density at radius 3 is 2.57 bits per heavy atom. The molecule has 2 rings (SSSR count). The van der Waals surface area contributed by atoms with Gasteiger partial charge in [-0.1, -0.05) is 0 Å². The molecule has 1 aromatic rings. The molecule has 2 heterocycles. The number of piperidine rings is 1. The van der Waals surface area contributed by atoms with Crippen molar-refractivity contribution in [2.75, 3.05) is 19.7 Å². The molecule has 0 aromatic carbocycles. The second kappa shape index (κ2) is 7.20. The molecular formula is C18H28N2O3. The predicted octanol–water partition coefficient (Wildman–Crippen LogP) is 3.72. The summed E-state index contributed by atoms with van der Waals surface area (Å²) in [6.07, 6.45) is 1.84. The van der Waals surface area contributed by atoms with Crippen molar-refractivity contribution in [3.8, 4) is 5.75 Å². The molecule has 128 valence electrons. The van der Waals surface area contributed by atoms with E-state index in [2.05, 4.69) is 4.98 Å². The minimum atomic E-state index is -0.452. The number of likely N-dealkylation sites (tertiary alicyclic amines) is 1. The van der Waals surface area contributed by atoms with Crippen LogP contribution in [0.15, 0.2) is 12.1 Å². The van der Waals surface area contributed by atoms with Crippen LogP contribution in [0.25, 0.3) is 0 Å². The molecule has 5 nitrogen and oxygen atoms in total. The van der Waals surface area contributed by atoms with Gasteiger partial charge in [-0.25, -0.2) is 4.79 Å². The topological polar surface area (TPSA) is 51.7 Å². The Balaban J connectivity index is 1.87. The lowest BCUT2D eigenvalue weighted by atomic mass is 9.99. The van der Waals surface area contributed by atoms with Crippen molar-refractivity contribution in [3.05, 3.63) is 23.5 Å². The molecule has 23 heavy (non-hydrogen) atoms. The highest BCUT2D eigenvalue weighted by Gasteiger charge is 2.27. The highest BCUT2D eigenvalue weighted by atomic mass is 16.6. The number of carbonyl (C=O) groups excluding carboxylic acids is 1. The molecule has 1 amide bonds. The number of rotatable bonds is 3. The molecule has 0 spiro atoms. The quantitative estimate of drug-likeness (QED) is 0.851. The van der Waals surface area contributed by atoms with Gasteiger partial charge in [-0.05, 0) is 47.5 Å². The van der Waals surface area contributed by atoms with Gasteiger partial charge in [-0.3, -0.25) is 4.98 Å². The highest BCUT2D eigenvalue weighted by Crippen LogP contribution is 2.21. The van der Waals surface area contributed by atoms with E-state index in [1.807, 2.05) is 46.8 Å². The molecule has 0 N–H and O–H groups in total. The molecule has 1 aliphatic rings. The van der Waals surface area contributed by atoms with Crippen molar-refractivity contribution < 1.29 is 14.3 Å². The summed E-state index contributed by atoms with van der Waals surface area (Å²) in [4.78, 5) is 18.3. The van der Waals surface area contributed by atoms with E-state index in [0.717, 1.165) is 36.5 Å². The Labute approximate surface area is 139 Å². The second-order valence-electron chi connectivity index (χ2n) is 7.33. The fourth-order valence-electron chi connectivity index (χ4n) is 2.79. The molecule has 1 aromatic heterocycles. The summed E-state index contributed by atoms with van der Waals surface area (Å²) in [6, 6.07) is 3.89. The zero-order valence-electron chi connectivity index (χ0n) is 14.9. The van der Waals surface area contributed by atoms with Gasteiger partial charge in [-0.2, -0.15) is 0 Å². The molecular weight excluding hydrogens is 292 g/mol. The third-order valence-electron chi connectivity index (χ3n) is 3.71. The zero-order chi connectivity index (χ0) is 17.0. The monoisotopic (exact) mass is 320 g/mol. The Hall–Kier alpha value is -1.78. The average molecular weight is 320 g/mol. The van der Waals surface area contributed by atoms with Crippen LogP contribution < -0.4 is 4.74 Å². The lowest BCUT2D eigenvalue weighted by molar-refractivity contribution is 0.0139. The Morgan fingerprint density at radius 1 is 1.30 bits per heavy atom. The summed E-state index contributed by atoms with van der Waals surface area (Å²) >= 11 is 0. The number of aryl methyl sites for hydroxylation is 2. The number of hydrogen-bond acceptors (Lipinski definition) is 4. The number of carbonyl (C=O) groups is 1. The first-order chi connectivity index (χ1) is 10.7. The molecule has 0 bridgehead atoms. The Kier molecular flexibility index (Phi) is 5.50. The van der Waals surface area contributed by atoms with Crippen LogP contribution in [0.4, 0.5) is 4.79 Å². The average Bonchev–Trinajstić information content (AvgIpc) is 2.43. The fraction of sp³-hybridized carbons (Fsp3) is 0.667. The third kappa shape index (κ3) is 5.73. The molecule has 1 fully saturated rings. The van der Waals surface area contributed by atoms with Gasteiger partial charge in [0.2, 0.25) is 0 Å². The van der Waals surface area contributed by atoms with Crippen LogP contribution in [0.1, 0.15) is 45.0 Å². The largest absolute Gasteiger partial charge is 0.493 e. The minimum Gasteiger partial charge on any atom is -0.493 e. The van der Waals surface area contributed by atoms with Crippen LogP contribution in [-0.2, 0) is 4.74 Å². The SMILES string of the molecule is Cc1cc(OCC2CCCN(C(=O)OC(C)(C)C)C2)cc(C)n1. The van der Waals surface area contributed by atoms with Crippen LogP contribution in [0.3, 0.4) is 0 Å². The molecule has 1 aliphatic heterocycles.